The second-order valence-corrected chi connectivity index (χ2v) is 5.63. The van der Waals surface area contributed by atoms with Crippen LogP contribution in [0.3, 0.4) is 0 Å². The number of carbonyl (C=O) groups excluding carboxylic acids is 1. The summed E-state index contributed by atoms with van der Waals surface area (Å²) in [6.45, 7) is 4.28. The summed E-state index contributed by atoms with van der Waals surface area (Å²) in [7, 11) is 1.61. The van der Waals surface area contributed by atoms with Crippen LogP contribution < -0.4 is 15.4 Å². The third-order valence-electron chi connectivity index (χ3n) is 3.23. The van der Waals surface area contributed by atoms with E-state index in [1.165, 1.54) is 0 Å². The minimum absolute atomic E-state index is 0.0104. The minimum Gasteiger partial charge on any atom is -0.495 e. The summed E-state index contributed by atoms with van der Waals surface area (Å²) in [5, 5.41) is 6.24. The number of amides is 1. The smallest absolute Gasteiger partial charge is 0.238 e. The molecule has 0 unspecified atom stereocenters. The zero-order chi connectivity index (χ0) is 14.4. The number of nitrogens with zero attached hydrogens (tertiary/aromatic N) is 1. The molecule has 1 amide bonds. The monoisotopic (exact) mass is 341 g/mol. The van der Waals surface area contributed by atoms with Crippen molar-refractivity contribution >= 4 is 27.5 Å². The highest BCUT2D eigenvalue weighted by molar-refractivity contribution is 9.10. The van der Waals surface area contributed by atoms with E-state index in [9.17, 15) is 4.79 Å². The van der Waals surface area contributed by atoms with Crippen molar-refractivity contribution in [2.75, 3.05) is 45.2 Å². The van der Waals surface area contributed by atoms with Crippen molar-refractivity contribution in [3.05, 3.63) is 22.7 Å². The van der Waals surface area contributed by atoms with E-state index in [1.807, 2.05) is 18.2 Å². The summed E-state index contributed by atoms with van der Waals surface area (Å²) in [5.41, 5.74) is 0.753. The van der Waals surface area contributed by atoms with Crippen LogP contribution in [0.15, 0.2) is 22.7 Å². The Hall–Kier alpha value is -1.11. The van der Waals surface area contributed by atoms with Gasteiger partial charge in [0.05, 0.1) is 18.1 Å². The molecule has 2 rings (SSSR count). The van der Waals surface area contributed by atoms with Gasteiger partial charge in [-0.25, -0.2) is 0 Å². The van der Waals surface area contributed by atoms with Crippen LogP contribution in [0.4, 0.5) is 5.69 Å². The van der Waals surface area contributed by atoms with Crippen LogP contribution in [0, 0.1) is 0 Å². The van der Waals surface area contributed by atoms with Gasteiger partial charge in [0, 0.05) is 24.8 Å². The largest absolute Gasteiger partial charge is 0.495 e. The van der Waals surface area contributed by atoms with Gasteiger partial charge in [0.25, 0.3) is 0 Å². The summed E-state index contributed by atoms with van der Waals surface area (Å²) < 4.78 is 6.09. The normalized spacial score (nSPS) is 16.5. The van der Waals surface area contributed by atoms with Crippen molar-refractivity contribution in [2.45, 2.75) is 6.42 Å². The van der Waals surface area contributed by atoms with Crippen molar-refractivity contribution in [3.63, 3.8) is 0 Å². The topological polar surface area (TPSA) is 53.6 Å². The van der Waals surface area contributed by atoms with Gasteiger partial charge < -0.3 is 15.4 Å². The van der Waals surface area contributed by atoms with E-state index < -0.39 is 0 Å². The van der Waals surface area contributed by atoms with Crippen molar-refractivity contribution in [2.24, 2.45) is 0 Å². The number of halogens is 1. The molecule has 0 radical (unpaired) electrons. The molecule has 1 heterocycles. The number of ether oxygens (including phenoxy) is 1. The van der Waals surface area contributed by atoms with E-state index in [0.717, 1.165) is 42.8 Å². The van der Waals surface area contributed by atoms with Crippen molar-refractivity contribution < 1.29 is 9.53 Å². The van der Waals surface area contributed by atoms with Crippen LogP contribution in [0.2, 0.25) is 0 Å². The molecule has 5 nitrogen and oxygen atoms in total. The van der Waals surface area contributed by atoms with Crippen LogP contribution in [-0.2, 0) is 4.79 Å². The number of hydrogen-bond donors (Lipinski definition) is 2. The molecule has 0 saturated carbocycles. The third kappa shape index (κ3) is 4.47. The number of hydrogen-bond acceptors (Lipinski definition) is 4. The predicted octanol–water partition coefficient (Wildman–Crippen LogP) is 1.69. The first-order chi connectivity index (χ1) is 9.69. The number of benzene rings is 1. The first-order valence-corrected chi connectivity index (χ1v) is 7.55. The number of carbonyl (C=O) groups is 1. The van der Waals surface area contributed by atoms with Crippen molar-refractivity contribution in [1.82, 2.24) is 10.2 Å². The van der Waals surface area contributed by atoms with Gasteiger partial charge in [-0.15, -0.1) is 0 Å². The Morgan fingerprint density at radius 1 is 1.45 bits per heavy atom. The number of rotatable bonds is 4. The zero-order valence-electron chi connectivity index (χ0n) is 11.6. The van der Waals surface area contributed by atoms with Gasteiger partial charge in [-0.2, -0.15) is 0 Å². The van der Waals surface area contributed by atoms with E-state index >= 15 is 0 Å². The van der Waals surface area contributed by atoms with Gasteiger partial charge in [0.2, 0.25) is 5.91 Å². The van der Waals surface area contributed by atoms with Crippen LogP contribution >= 0.6 is 15.9 Å². The van der Waals surface area contributed by atoms with Gasteiger partial charge in [-0.1, -0.05) is 0 Å². The number of nitrogens with one attached hydrogen (secondary N) is 2. The van der Waals surface area contributed by atoms with Crippen molar-refractivity contribution in [3.8, 4) is 5.75 Å². The number of methoxy groups -OCH3 is 1. The average Bonchev–Trinajstić information content (AvgIpc) is 2.69. The Morgan fingerprint density at radius 2 is 2.30 bits per heavy atom. The molecule has 6 heteroatoms. The molecule has 1 fully saturated rings. The maximum absolute atomic E-state index is 12.1. The quantitative estimate of drug-likeness (QED) is 0.875. The lowest BCUT2D eigenvalue weighted by Gasteiger charge is -2.18. The minimum atomic E-state index is 0.0104. The molecule has 2 N–H and O–H groups in total. The summed E-state index contributed by atoms with van der Waals surface area (Å²) in [6, 6.07) is 5.53. The first kappa shape index (κ1) is 15.3. The summed E-state index contributed by atoms with van der Waals surface area (Å²) in [4.78, 5) is 14.2. The fourth-order valence-corrected chi connectivity index (χ4v) is 2.61. The van der Waals surface area contributed by atoms with Crippen LogP contribution in [0.5, 0.6) is 5.75 Å². The van der Waals surface area contributed by atoms with Gasteiger partial charge in [-0.05, 0) is 47.6 Å². The molecule has 1 aliphatic heterocycles. The lowest BCUT2D eigenvalue weighted by molar-refractivity contribution is -0.117. The fraction of sp³-hybridized carbons (Fsp3) is 0.500. The Bertz CT molecular complexity index is 460. The molecule has 1 aliphatic rings. The molecule has 1 aromatic carbocycles. The third-order valence-corrected chi connectivity index (χ3v) is 3.89. The maximum Gasteiger partial charge on any atom is 0.238 e. The van der Waals surface area contributed by atoms with Gasteiger partial charge >= 0.3 is 0 Å². The molecule has 1 saturated heterocycles. The van der Waals surface area contributed by atoms with Crippen LogP contribution in [0.25, 0.3) is 0 Å². The average molecular weight is 342 g/mol. The first-order valence-electron chi connectivity index (χ1n) is 6.75. The van der Waals surface area contributed by atoms with Gasteiger partial charge in [0.1, 0.15) is 5.75 Å². The van der Waals surface area contributed by atoms with Crippen molar-refractivity contribution in [1.29, 1.82) is 0 Å². The molecule has 20 heavy (non-hydrogen) atoms. The Labute approximate surface area is 127 Å². The molecule has 0 atom stereocenters. The standard InChI is InChI=1S/C14H20BrN3O2/c1-20-13-9-11(3-4-12(13)15)17-14(19)10-18-7-2-5-16-6-8-18/h3-4,9,16H,2,5-8,10H2,1H3,(H,17,19). The van der Waals surface area contributed by atoms with E-state index in [-0.39, 0.29) is 5.91 Å². The molecule has 110 valence electrons. The van der Waals surface area contributed by atoms with E-state index in [4.69, 9.17) is 4.74 Å². The maximum atomic E-state index is 12.1. The second-order valence-electron chi connectivity index (χ2n) is 4.78. The highest BCUT2D eigenvalue weighted by atomic mass is 79.9. The SMILES string of the molecule is COc1cc(NC(=O)CN2CCCNCC2)ccc1Br. The highest BCUT2D eigenvalue weighted by Gasteiger charge is 2.13. The Kier molecular flexibility index (Phi) is 5.82. The Balaban J connectivity index is 1.90. The summed E-state index contributed by atoms with van der Waals surface area (Å²) in [6.07, 6.45) is 1.08. The molecule has 0 spiro atoms. The molecular formula is C14H20BrN3O2. The van der Waals surface area contributed by atoms with E-state index in [2.05, 4.69) is 31.5 Å². The number of anilines is 1. The Morgan fingerprint density at radius 3 is 3.10 bits per heavy atom. The van der Waals surface area contributed by atoms with E-state index in [1.54, 1.807) is 7.11 Å². The molecule has 0 bridgehead atoms. The predicted molar refractivity (Wildman–Crippen MR) is 83.3 cm³/mol. The highest BCUT2D eigenvalue weighted by Crippen LogP contribution is 2.27. The summed E-state index contributed by atoms with van der Waals surface area (Å²) >= 11 is 3.39. The lowest BCUT2D eigenvalue weighted by atomic mass is 10.3. The molecule has 1 aromatic rings. The van der Waals surface area contributed by atoms with Gasteiger partial charge in [-0.3, -0.25) is 9.69 Å². The van der Waals surface area contributed by atoms with E-state index in [0.29, 0.717) is 12.3 Å². The van der Waals surface area contributed by atoms with Crippen LogP contribution in [0.1, 0.15) is 6.42 Å². The van der Waals surface area contributed by atoms with Gasteiger partial charge in [0.15, 0.2) is 0 Å². The fourth-order valence-electron chi connectivity index (χ4n) is 2.20. The molecule has 0 aliphatic carbocycles. The molecular weight excluding hydrogens is 322 g/mol. The second kappa shape index (κ2) is 7.61. The molecule has 0 aromatic heterocycles. The summed E-state index contributed by atoms with van der Waals surface area (Å²) in [5.74, 6) is 0.720. The van der Waals surface area contributed by atoms with Crippen LogP contribution in [-0.4, -0.2) is 50.6 Å². The lowest BCUT2D eigenvalue weighted by Crippen LogP contribution is -2.35. The zero-order valence-corrected chi connectivity index (χ0v) is 13.2.